The summed E-state index contributed by atoms with van der Waals surface area (Å²) in [4.78, 5) is 13.4. The number of likely N-dealkylation sites (tertiary alicyclic amines) is 1. The summed E-state index contributed by atoms with van der Waals surface area (Å²) in [5.41, 5.74) is 0.831. The summed E-state index contributed by atoms with van der Waals surface area (Å²) in [6.07, 6.45) is 1.92. The van der Waals surface area contributed by atoms with Crippen LogP contribution < -0.4 is 4.74 Å². The SMILES string of the molecule is COc1cccc(-c2nnc([C@@H]3CCCN(C(C)=O)C3)o2)c1. The molecule has 0 saturated carbocycles. The van der Waals surface area contributed by atoms with Gasteiger partial charge in [-0.1, -0.05) is 6.07 Å². The molecule has 116 valence electrons. The molecule has 2 heterocycles. The lowest BCUT2D eigenvalue weighted by Crippen LogP contribution is -2.37. The van der Waals surface area contributed by atoms with Crippen molar-refractivity contribution in [3.8, 4) is 17.2 Å². The summed E-state index contributed by atoms with van der Waals surface area (Å²) in [6, 6.07) is 7.52. The molecule has 1 saturated heterocycles. The molecular formula is C16H19N3O3. The largest absolute Gasteiger partial charge is 0.497 e. The maximum Gasteiger partial charge on any atom is 0.247 e. The standard InChI is InChI=1S/C16H19N3O3/c1-11(20)19-8-4-6-13(10-19)16-18-17-15(22-16)12-5-3-7-14(9-12)21-2/h3,5,7,9,13H,4,6,8,10H2,1-2H3/t13-/m1/s1. The van der Waals surface area contributed by atoms with E-state index in [9.17, 15) is 4.79 Å². The first-order valence-corrected chi connectivity index (χ1v) is 7.40. The van der Waals surface area contributed by atoms with Crippen molar-refractivity contribution in [1.29, 1.82) is 0 Å². The number of methoxy groups -OCH3 is 1. The molecule has 0 unspecified atom stereocenters. The van der Waals surface area contributed by atoms with Gasteiger partial charge < -0.3 is 14.1 Å². The zero-order chi connectivity index (χ0) is 15.5. The normalized spacial score (nSPS) is 18.3. The highest BCUT2D eigenvalue weighted by Crippen LogP contribution is 2.29. The van der Waals surface area contributed by atoms with Crippen LogP contribution >= 0.6 is 0 Å². The van der Waals surface area contributed by atoms with Gasteiger partial charge in [0.15, 0.2) is 0 Å². The van der Waals surface area contributed by atoms with Crippen molar-refractivity contribution in [2.45, 2.75) is 25.7 Å². The minimum absolute atomic E-state index is 0.0947. The molecule has 6 heteroatoms. The summed E-state index contributed by atoms with van der Waals surface area (Å²) >= 11 is 0. The van der Waals surface area contributed by atoms with Gasteiger partial charge in [-0.3, -0.25) is 4.79 Å². The lowest BCUT2D eigenvalue weighted by Gasteiger charge is -2.30. The summed E-state index contributed by atoms with van der Waals surface area (Å²) < 4.78 is 11.0. The van der Waals surface area contributed by atoms with Crippen LogP contribution in [0.25, 0.3) is 11.5 Å². The molecule has 3 rings (SSSR count). The molecule has 0 radical (unpaired) electrons. The Morgan fingerprint density at radius 2 is 2.27 bits per heavy atom. The van der Waals surface area contributed by atoms with E-state index in [4.69, 9.17) is 9.15 Å². The molecule has 0 spiro atoms. The Kier molecular flexibility index (Phi) is 4.09. The van der Waals surface area contributed by atoms with Crippen LogP contribution in [0.4, 0.5) is 0 Å². The fourth-order valence-electron chi connectivity index (χ4n) is 2.74. The number of carbonyl (C=O) groups excluding carboxylic acids is 1. The van der Waals surface area contributed by atoms with E-state index in [-0.39, 0.29) is 11.8 Å². The van der Waals surface area contributed by atoms with Crippen molar-refractivity contribution >= 4 is 5.91 Å². The summed E-state index contributed by atoms with van der Waals surface area (Å²) in [5, 5.41) is 8.30. The number of hydrogen-bond acceptors (Lipinski definition) is 5. The fourth-order valence-corrected chi connectivity index (χ4v) is 2.74. The molecule has 1 aromatic carbocycles. The predicted octanol–water partition coefficient (Wildman–Crippen LogP) is 2.47. The molecule has 1 amide bonds. The van der Waals surface area contributed by atoms with Crippen LogP contribution in [0.15, 0.2) is 28.7 Å². The minimum Gasteiger partial charge on any atom is -0.497 e. The third kappa shape index (κ3) is 2.95. The van der Waals surface area contributed by atoms with E-state index in [1.165, 1.54) is 0 Å². The van der Waals surface area contributed by atoms with E-state index in [1.807, 2.05) is 29.2 Å². The Morgan fingerprint density at radius 1 is 1.41 bits per heavy atom. The summed E-state index contributed by atoms with van der Waals surface area (Å²) in [7, 11) is 1.62. The van der Waals surface area contributed by atoms with Gasteiger partial charge >= 0.3 is 0 Å². The molecule has 0 bridgehead atoms. The minimum atomic E-state index is 0.0947. The molecule has 1 fully saturated rings. The second-order valence-corrected chi connectivity index (χ2v) is 5.48. The number of hydrogen-bond donors (Lipinski definition) is 0. The van der Waals surface area contributed by atoms with Gasteiger partial charge in [0.1, 0.15) is 5.75 Å². The lowest BCUT2D eigenvalue weighted by atomic mass is 9.98. The number of amides is 1. The Bertz CT molecular complexity index is 668. The predicted molar refractivity (Wildman–Crippen MR) is 80.5 cm³/mol. The molecule has 1 aliphatic heterocycles. The fraction of sp³-hybridized carbons (Fsp3) is 0.438. The second-order valence-electron chi connectivity index (χ2n) is 5.48. The van der Waals surface area contributed by atoms with Crippen molar-refractivity contribution in [2.75, 3.05) is 20.2 Å². The molecule has 1 aromatic heterocycles. The number of ether oxygens (including phenoxy) is 1. The van der Waals surface area contributed by atoms with Crippen molar-refractivity contribution < 1.29 is 13.9 Å². The second kappa shape index (κ2) is 6.17. The Balaban J connectivity index is 1.79. The number of rotatable bonds is 3. The Morgan fingerprint density at radius 3 is 3.05 bits per heavy atom. The first kappa shape index (κ1) is 14.6. The average Bonchev–Trinajstić information content (AvgIpc) is 3.05. The van der Waals surface area contributed by atoms with Crippen LogP contribution in [0.3, 0.4) is 0 Å². The van der Waals surface area contributed by atoms with E-state index in [0.29, 0.717) is 18.3 Å². The molecule has 1 atom stereocenters. The highest BCUT2D eigenvalue weighted by atomic mass is 16.5. The van der Waals surface area contributed by atoms with E-state index in [2.05, 4.69) is 10.2 Å². The molecule has 0 aliphatic carbocycles. The molecule has 0 N–H and O–H groups in total. The van der Waals surface area contributed by atoms with Crippen molar-refractivity contribution in [3.63, 3.8) is 0 Å². The maximum absolute atomic E-state index is 11.5. The van der Waals surface area contributed by atoms with Gasteiger partial charge in [-0.25, -0.2) is 0 Å². The van der Waals surface area contributed by atoms with Gasteiger partial charge in [0.05, 0.1) is 13.0 Å². The van der Waals surface area contributed by atoms with Crippen molar-refractivity contribution in [3.05, 3.63) is 30.2 Å². The van der Waals surface area contributed by atoms with Crippen LogP contribution in [0.1, 0.15) is 31.6 Å². The third-order valence-corrected chi connectivity index (χ3v) is 3.97. The topological polar surface area (TPSA) is 68.5 Å². The molecule has 6 nitrogen and oxygen atoms in total. The third-order valence-electron chi connectivity index (χ3n) is 3.97. The summed E-state index contributed by atoms with van der Waals surface area (Å²) in [5.74, 6) is 2.04. The van der Waals surface area contributed by atoms with Gasteiger partial charge in [-0.2, -0.15) is 0 Å². The number of aromatic nitrogens is 2. The number of nitrogens with zero attached hydrogens (tertiary/aromatic N) is 3. The van der Waals surface area contributed by atoms with Gasteiger partial charge in [0, 0.05) is 25.6 Å². The number of benzene rings is 1. The Hall–Kier alpha value is -2.37. The quantitative estimate of drug-likeness (QED) is 0.871. The smallest absolute Gasteiger partial charge is 0.247 e. The lowest BCUT2D eigenvalue weighted by molar-refractivity contribution is -0.130. The number of carbonyl (C=O) groups is 1. The summed E-state index contributed by atoms with van der Waals surface area (Å²) in [6.45, 7) is 3.05. The van der Waals surface area contributed by atoms with Crippen LogP contribution in [0, 0.1) is 0 Å². The van der Waals surface area contributed by atoms with E-state index < -0.39 is 0 Å². The van der Waals surface area contributed by atoms with E-state index in [1.54, 1.807) is 14.0 Å². The van der Waals surface area contributed by atoms with Gasteiger partial charge in [0.25, 0.3) is 0 Å². The van der Waals surface area contributed by atoms with Crippen LogP contribution in [-0.2, 0) is 4.79 Å². The van der Waals surface area contributed by atoms with Crippen LogP contribution in [-0.4, -0.2) is 41.2 Å². The van der Waals surface area contributed by atoms with E-state index >= 15 is 0 Å². The number of piperidine rings is 1. The molecule has 2 aromatic rings. The molecular weight excluding hydrogens is 282 g/mol. The zero-order valence-corrected chi connectivity index (χ0v) is 12.8. The molecule has 22 heavy (non-hydrogen) atoms. The Labute approximate surface area is 129 Å². The van der Waals surface area contributed by atoms with Gasteiger partial charge in [-0.15, -0.1) is 10.2 Å². The van der Waals surface area contributed by atoms with E-state index in [0.717, 1.165) is 30.7 Å². The zero-order valence-electron chi connectivity index (χ0n) is 12.8. The monoisotopic (exact) mass is 301 g/mol. The van der Waals surface area contributed by atoms with Crippen LogP contribution in [0.5, 0.6) is 5.75 Å². The van der Waals surface area contributed by atoms with Crippen LogP contribution in [0.2, 0.25) is 0 Å². The first-order valence-electron chi connectivity index (χ1n) is 7.40. The highest BCUT2D eigenvalue weighted by Gasteiger charge is 2.27. The van der Waals surface area contributed by atoms with Gasteiger partial charge in [-0.05, 0) is 31.0 Å². The van der Waals surface area contributed by atoms with Crippen molar-refractivity contribution in [2.24, 2.45) is 0 Å². The van der Waals surface area contributed by atoms with Crippen molar-refractivity contribution in [1.82, 2.24) is 15.1 Å². The average molecular weight is 301 g/mol. The maximum atomic E-state index is 11.5. The first-order chi connectivity index (χ1) is 10.7. The molecule has 1 aliphatic rings. The highest BCUT2D eigenvalue weighted by molar-refractivity contribution is 5.73. The van der Waals surface area contributed by atoms with Gasteiger partial charge in [0.2, 0.25) is 17.7 Å².